The molecule has 0 aromatic heterocycles. The maximum atomic E-state index is 12.6. The molecule has 1 aliphatic rings. The van der Waals surface area contributed by atoms with E-state index in [0.29, 0.717) is 11.2 Å². The summed E-state index contributed by atoms with van der Waals surface area (Å²) in [7, 11) is -3.60. The van der Waals surface area contributed by atoms with Crippen molar-refractivity contribution in [3.63, 3.8) is 0 Å². The summed E-state index contributed by atoms with van der Waals surface area (Å²) in [4.78, 5) is 0.187. The predicted octanol–water partition coefficient (Wildman–Crippen LogP) is 2.45. The second-order valence-electron chi connectivity index (χ2n) is 7.14. The van der Waals surface area contributed by atoms with Crippen molar-refractivity contribution in [2.75, 3.05) is 6.54 Å². The minimum Gasteiger partial charge on any atom is -0.630 e. The Hall–Kier alpha value is -1.48. The Balaban J connectivity index is 1.50. The van der Waals surface area contributed by atoms with E-state index < -0.39 is 10.0 Å². The summed E-state index contributed by atoms with van der Waals surface area (Å²) in [6, 6.07) is 13.8. The second-order valence-corrected chi connectivity index (χ2v) is 9.29. The van der Waals surface area contributed by atoms with E-state index in [1.165, 1.54) is 29.8 Å². The van der Waals surface area contributed by atoms with E-state index in [9.17, 15) is 13.6 Å². The summed E-state index contributed by atoms with van der Waals surface area (Å²) in [5.74, 6) is 0. The molecule has 0 saturated heterocycles. The van der Waals surface area contributed by atoms with Gasteiger partial charge in [0.1, 0.15) is 5.69 Å². The van der Waals surface area contributed by atoms with Crippen molar-refractivity contribution < 1.29 is 13.9 Å². The van der Waals surface area contributed by atoms with Crippen LogP contribution in [0.15, 0.2) is 53.4 Å². The first-order valence-electron chi connectivity index (χ1n) is 9.53. The normalized spacial score (nSPS) is 19.8. The fourth-order valence-electron chi connectivity index (χ4n) is 3.57. The average molecular weight is 424 g/mol. The summed E-state index contributed by atoms with van der Waals surface area (Å²) in [5.41, 5.74) is 2.40. The molecule has 8 heteroatoms. The van der Waals surface area contributed by atoms with Gasteiger partial charge in [-0.25, -0.2) is 13.1 Å². The summed E-state index contributed by atoms with van der Waals surface area (Å²) < 4.78 is 28.1. The third kappa shape index (κ3) is 5.76. The molecule has 0 aliphatic heterocycles. The monoisotopic (exact) mass is 423 g/mol. The third-order valence-corrected chi connectivity index (χ3v) is 6.87. The SMILES string of the molecule is O=S(=O)(N[C@@H]1CCC[C@H]1NCCCc1ccc(Cl)cc1)c1ccc([NH2+][O-])cc1. The summed E-state index contributed by atoms with van der Waals surface area (Å²) in [5, 5.41) is 15.0. The molecule has 1 saturated carbocycles. The van der Waals surface area contributed by atoms with Crippen molar-refractivity contribution in [3.8, 4) is 0 Å². The molecule has 4 N–H and O–H groups in total. The van der Waals surface area contributed by atoms with E-state index in [1.807, 2.05) is 24.3 Å². The molecule has 2 aromatic rings. The fourth-order valence-corrected chi connectivity index (χ4v) is 5.01. The minimum atomic E-state index is -3.60. The lowest BCUT2D eigenvalue weighted by Crippen LogP contribution is -2.70. The van der Waals surface area contributed by atoms with Gasteiger partial charge in [-0.1, -0.05) is 30.2 Å². The van der Waals surface area contributed by atoms with Crippen molar-refractivity contribution in [1.29, 1.82) is 0 Å². The zero-order valence-corrected chi connectivity index (χ0v) is 17.2. The molecule has 0 amide bonds. The number of aryl methyl sites for hydroxylation is 1. The predicted molar refractivity (Wildman–Crippen MR) is 111 cm³/mol. The molecule has 3 rings (SSSR count). The number of rotatable bonds is 9. The largest absolute Gasteiger partial charge is 0.630 e. The third-order valence-electron chi connectivity index (χ3n) is 5.11. The molecule has 28 heavy (non-hydrogen) atoms. The number of hydrogen-bond donors (Lipinski definition) is 3. The van der Waals surface area contributed by atoms with E-state index in [4.69, 9.17) is 11.6 Å². The van der Waals surface area contributed by atoms with Gasteiger partial charge < -0.3 is 16.0 Å². The maximum absolute atomic E-state index is 12.6. The van der Waals surface area contributed by atoms with Crippen LogP contribution in [-0.2, 0) is 16.4 Å². The number of halogens is 1. The van der Waals surface area contributed by atoms with Gasteiger partial charge in [0.15, 0.2) is 0 Å². The van der Waals surface area contributed by atoms with E-state index in [2.05, 4.69) is 10.0 Å². The first-order chi connectivity index (χ1) is 13.5. The Morgan fingerprint density at radius 2 is 1.71 bits per heavy atom. The van der Waals surface area contributed by atoms with Crippen molar-refractivity contribution in [3.05, 3.63) is 64.3 Å². The zero-order valence-electron chi connectivity index (χ0n) is 15.6. The quantitative estimate of drug-likeness (QED) is 0.328. The van der Waals surface area contributed by atoms with Crippen molar-refractivity contribution >= 4 is 27.3 Å². The second kappa shape index (κ2) is 9.82. The highest BCUT2D eigenvalue weighted by Crippen LogP contribution is 2.22. The molecule has 1 aliphatic carbocycles. The standard InChI is InChI=1S/C20H26ClN3O3S/c21-16-8-6-15(7-9-16)3-2-14-22-19-4-1-5-20(19)24-28(26,27)18-12-10-17(23-25)11-13-18/h6-13,19-20,22,24H,1-5,14,23H2/t19-,20-/m1/s1. The van der Waals surface area contributed by atoms with E-state index in [-0.39, 0.29) is 17.0 Å². The smallest absolute Gasteiger partial charge is 0.240 e. The first-order valence-corrected chi connectivity index (χ1v) is 11.4. The zero-order chi connectivity index (χ0) is 20.0. The van der Waals surface area contributed by atoms with E-state index in [0.717, 1.165) is 43.7 Å². The number of nitrogens with two attached hydrogens (primary N) is 1. The van der Waals surface area contributed by atoms with Gasteiger partial charge >= 0.3 is 0 Å². The van der Waals surface area contributed by atoms with Crippen molar-refractivity contribution in [2.24, 2.45) is 0 Å². The summed E-state index contributed by atoms with van der Waals surface area (Å²) >= 11 is 5.90. The van der Waals surface area contributed by atoms with E-state index >= 15 is 0 Å². The Kier molecular flexibility index (Phi) is 7.45. The fraction of sp³-hybridized carbons (Fsp3) is 0.400. The number of nitrogens with one attached hydrogen (secondary N) is 2. The van der Waals surface area contributed by atoms with Crippen LogP contribution in [0.4, 0.5) is 5.69 Å². The Morgan fingerprint density at radius 1 is 1.04 bits per heavy atom. The molecule has 2 atom stereocenters. The maximum Gasteiger partial charge on any atom is 0.240 e. The van der Waals surface area contributed by atoms with Crippen LogP contribution < -0.4 is 15.5 Å². The summed E-state index contributed by atoms with van der Waals surface area (Å²) in [6.45, 7) is 0.833. The lowest BCUT2D eigenvalue weighted by molar-refractivity contribution is -0.497. The molecule has 0 radical (unpaired) electrons. The topological polar surface area (TPSA) is 97.9 Å². The molecule has 152 valence electrons. The molecule has 0 unspecified atom stereocenters. The highest BCUT2D eigenvalue weighted by molar-refractivity contribution is 7.89. The van der Waals surface area contributed by atoms with Crippen LogP contribution >= 0.6 is 11.6 Å². The number of benzene rings is 2. The van der Waals surface area contributed by atoms with Crippen molar-refractivity contribution in [1.82, 2.24) is 10.0 Å². The van der Waals surface area contributed by atoms with Gasteiger partial charge in [-0.05, 0) is 62.1 Å². The van der Waals surface area contributed by atoms with Gasteiger partial charge in [0, 0.05) is 29.2 Å². The summed E-state index contributed by atoms with van der Waals surface area (Å²) in [6.07, 6.45) is 4.70. The van der Waals surface area contributed by atoms with Gasteiger partial charge in [0.05, 0.1) is 4.90 Å². The lowest BCUT2D eigenvalue weighted by atomic mass is 10.1. The Bertz CT molecular complexity index is 857. The van der Waals surface area contributed by atoms with Crippen molar-refractivity contribution in [2.45, 2.75) is 49.1 Å². The van der Waals surface area contributed by atoms with Crippen LogP contribution in [0.25, 0.3) is 0 Å². The van der Waals surface area contributed by atoms with Crippen LogP contribution in [0.2, 0.25) is 5.02 Å². The van der Waals surface area contributed by atoms with E-state index in [1.54, 1.807) is 0 Å². The first kappa shape index (κ1) is 21.2. The highest BCUT2D eigenvalue weighted by Gasteiger charge is 2.30. The highest BCUT2D eigenvalue weighted by atomic mass is 35.5. The van der Waals surface area contributed by atoms with Gasteiger partial charge in [0.2, 0.25) is 10.0 Å². The van der Waals surface area contributed by atoms with Crippen LogP contribution in [0.5, 0.6) is 0 Å². The van der Waals surface area contributed by atoms with Gasteiger partial charge in [-0.15, -0.1) is 0 Å². The molecule has 0 heterocycles. The number of sulfonamides is 1. The van der Waals surface area contributed by atoms with Gasteiger partial charge in [-0.3, -0.25) is 0 Å². The molecule has 2 aromatic carbocycles. The molecule has 1 fully saturated rings. The van der Waals surface area contributed by atoms with Crippen LogP contribution in [0.3, 0.4) is 0 Å². The van der Waals surface area contributed by atoms with Crippen LogP contribution in [-0.4, -0.2) is 27.0 Å². The van der Waals surface area contributed by atoms with Gasteiger partial charge in [-0.2, -0.15) is 0 Å². The number of hydrogen-bond acceptors (Lipinski definition) is 4. The molecular weight excluding hydrogens is 398 g/mol. The molecular formula is C20H26ClN3O3S. The molecule has 0 spiro atoms. The van der Waals surface area contributed by atoms with Crippen LogP contribution in [0.1, 0.15) is 31.2 Å². The molecule has 0 bridgehead atoms. The Morgan fingerprint density at radius 3 is 2.39 bits per heavy atom. The van der Waals surface area contributed by atoms with Gasteiger partial charge in [0.25, 0.3) is 0 Å². The minimum absolute atomic E-state index is 0.119. The van der Waals surface area contributed by atoms with Crippen LogP contribution in [0, 0.1) is 5.21 Å². The molecule has 6 nitrogen and oxygen atoms in total. The Labute approximate surface area is 171 Å². The number of quaternary nitrogens is 1. The average Bonchev–Trinajstić information content (AvgIpc) is 3.13. The lowest BCUT2D eigenvalue weighted by Gasteiger charge is -2.22.